The SMILES string of the molecule is COC(=O)CCCCCO[C@@H]1O[C@H](CO[Si](c2ccccc2)(c2ccccc2)C(C)(C)C)[C@H](O[C@H]2O[C@H](CO)[C@H](O)[C@H](O)[C@H]2O)[C@H](OCc2ccc(OC)cc2)[C@H]1O[C@H]1O[C@H](CO)[C@H](O)[C@H](O)[C@H]1O. The Balaban J connectivity index is 1.47. The van der Waals surface area contributed by atoms with Crippen LogP contribution in [0.15, 0.2) is 84.9 Å². The van der Waals surface area contributed by atoms with Crippen LogP contribution in [0.25, 0.3) is 0 Å². The van der Waals surface area contributed by atoms with Crippen LogP contribution in [0, 0.1) is 0 Å². The highest BCUT2D eigenvalue weighted by atomic mass is 28.4. The van der Waals surface area contributed by atoms with E-state index in [1.807, 2.05) is 60.7 Å². The third kappa shape index (κ3) is 13.0. The average molecular weight is 991 g/mol. The van der Waals surface area contributed by atoms with E-state index in [1.54, 1.807) is 24.3 Å². The van der Waals surface area contributed by atoms with E-state index in [0.717, 1.165) is 10.4 Å². The molecule has 3 aliphatic rings. The van der Waals surface area contributed by atoms with E-state index in [4.69, 9.17) is 47.1 Å². The molecule has 0 unspecified atom stereocenters. The Morgan fingerprint density at radius 3 is 1.61 bits per heavy atom. The Labute approximate surface area is 403 Å². The number of aliphatic hydroxyl groups excluding tert-OH is 8. The fraction of sp³-hybridized carbons (Fsp3) is 0.612. The first kappa shape index (κ1) is 54.8. The van der Waals surface area contributed by atoms with Gasteiger partial charge in [0.2, 0.25) is 0 Å². The Morgan fingerprint density at radius 1 is 0.594 bits per heavy atom. The van der Waals surface area contributed by atoms with Gasteiger partial charge < -0.3 is 87.9 Å². The Bertz CT molecular complexity index is 1930. The molecule has 6 rings (SSSR count). The third-order valence-corrected chi connectivity index (χ3v) is 17.9. The summed E-state index contributed by atoms with van der Waals surface area (Å²) in [5, 5.41) is 87.8. The van der Waals surface area contributed by atoms with Crippen LogP contribution >= 0.6 is 0 Å². The molecule has 15 atom stereocenters. The van der Waals surface area contributed by atoms with Crippen molar-refractivity contribution < 1.29 is 92.7 Å². The standard InChI is InChI=1S/C49H70O19Si/c1-49(2,3)69(31-15-9-6-10-16-31,32-17-11-7-12-18-32)63-28-35-43(67-46-41(57)39(55)37(53)33(25-50)64-46)44(62-27-29-20-22-30(59-4)23-21-29)45(48(66-35)61-24-14-8-13-19-36(52)60-5)68-47-42(58)40(56)38(54)34(26-51)65-47/h6-7,9-12,15-18,20-23,33-35,37-48,50-51,53-58H,8,13-14,19,24-28H2,1-5H3/t33-,34-,35-,37+,38+,39+,40+,41-,42-,43+,44+,45-,46-,47-,48-/m1/s1. The molecular formula is C49H70O19Si. The number of benzene rings is 3. The molecule has 3 saturated heterocycles. The van der Waals surface area contributed by atoms with E-state index in [2.05, 4.69) is 20.8 Å². The molecule has 0 amide bonds. The van der Waals surface area contributed by atoms with Gasteiger partial charge in [-0.25, -0.2) is 0 Å². The van der Waals surface area contributed by atoms with E-state index < -0.39 is 119 Å². The molecule has 0 aromatic heterocycles. The van der Waals surface area contributed by atoms with Crippen LogP contribution in [0.1, 0.15) is 52.0 Å². The molecule has 0 radical (unpaired) electrons. The molecule has 0 aliphatic carbocycles. The Hall–Kier alpha value is -3.49. The minimum absolute atomic E-state index is 0.0477. The van der Waals surface area contributed by atoms with Gasteiger partial charge in [-0.15, -0.1) is 0 Å². The first-order chi connectivity index (χ1) is 33.1. The molecule has 3 aromatic carbocycles. The van der Waals surface area contributed by atoms with Crippen molar-refractivity contribution in [1.82, 2.24) is 0 Å². The van der Waals surface area contributed by atoms with Gasteiger partial charge in [-0.1, -0.05) is 100.0 Å². The number of aliphatic hydroxyl groups is 8. The predicted molar refractivity (Wildman–Crippen MR) is 248 cm³/mol. The second kappa shape index (κ2) is 25.2. The number of methoxy groups -OCH3 is 2. The van der Waals surface area contributed by atoms with Gasteiger partial charge in [0, 0.05) is 13.0 Å². The van der Waals surface area contributed by atoms with Crippen molar-refractivity contribution >= 4 is 24.7 Å². The Kier molecular flexibility index (Phi) is 20.1. The Morgan fingerprint density at radius 2 is 1.12 bits per heavy atom. The number of ether oxygens (including phenoxy) is 9. The number of carbonyl (C=O) groups excluding carboxylic acids is 1. The monoisotopic (exact) mass is 990 g/mol. The summed E-state index contributed by atoms with van der Waals surface area (Å²) in [5.74, 6) is 0.226. The number of hydrogen-bond acceptors (Lipinski definition) is 19. The van der Waals surface area contributed by atoms with Gasteiger partial charge in [0.15, 0.2) is 18.9 Å². The number of unbranched alkanes of at least 4 members (excludes halogenated alkanes) is 2. The lowest BCUT2D eigenvalue weighted by atomic mass is 9.95. The van der Waals surface area contributed by atoms with Crippen molar-refractivity contribution in [3.05, 3.63) is 90.5 Å². The first-order valence-electron chi connectivity index (χ1n) is 23.3. The summed E-state index contributed by atoms with van der Waals surface area (Å²) in [6, 6.07) is 26.7. The molecule has 8 N–H and O–H groups in total. The van der Waals surface area contributed by atoms with E-state index in [0.29, 0.717) is 30.6 Å². The predicted octanol–water partition coefficient (Wildman–Crippen LogP) is 0.00210. The average Bonchev–Trinajstić information content (AvgIpc) is 3.36. The highest BCUT2D eigenvalue weighted by Crippen LogP contribution is 2.40. The van der Waals surface area contributed by atoms with Crippen molar-refractivity contribution in [3.8, 4) is 5.75 Å². The van der Waals surface area contributed by atoms with Gasteiger partial charge in [0.25, 0.3) is 8.32 Å². The summed E-state index contributed by atoms with van der Waals surface area (Å²) in [6.07, 6.45) is -22.1. The van der Waals surface area contributed by atoms with E-state index in [1.165, 1.54) is 14.2 Å². The molecule has 0 bridgehead atoms. The zero-order valence-electron chi connectivity index (χ0n) is 39.7. The molecule has 384 valence electrons. The highest BCUT2D eigenvalue weighted by molar-refractivity contribution is 6.99. The maximum absolute atomic E-state index is 11.9. The van der Waals surface area contributed by atoms with Crippen molar-refractivity contribution in [3.63, 3.8) is 0 Å². The van der Waals surface area contributed by atoms with Crippen LogP contribution in [0.4, 0.5) is 0 Å². The molecule has 0 spiro atoms. The molecular weight excluding hydrogens is 921 g/mol. The quantitative estimate of drug-likeness (QED) is 0.0374. The fourth-order valence-electron chi connectivity index (χ4n) is 9.05. The first-order valence-corrected chi connectivity index (χ1v) is 25.2. The van der Waals surface area contributed by atoms with Gasteiger partial charge in [0.05, 0.1) is 40.6 Å². The van der Waals surface area contributed by atoms with Crippen molar-refractivity contribution in [2.75, 3.05) is 40.6 Å². The summed E-state index contributed by atoms with van der Waals surface area (Å²) in [6.45, 7) is 4.50. The lowest BCUT2D eigenvalue weighted by Crippen LogP contribution is -2.70. The maximum Gasteiger partial charge on any atom is 0.305 e. The minimum atomic E-state index is -3.34. The van der Waals surface area contributed by atoms with Crippen LogP contribution in [0.3, 0.4) is 0 Å². The van der Waals surface area contributed by atoms with Gasteiger partial charge in [-0.3, -0.25) is 4.79 Å². The summed E-state index contributed by atoms with van der Waals surface area (Å²) >= 11 is 0. The van der Waals surface area contributed by atoms with Crippen LogP contribution in [0.2, 0.25) is 5.04 Å². The zero-order chi connectivity index (χ0) is 49.9. The maximum atomic E-state index is 11.9. The van der Waals surface area contributed by atoms with Gasteiger partial charge in [-0.2, -0.15) is 0 Å². The van der Waals surface area contributed by atoms with Crippen molar-refractivity contribution in [2.45, 2.75) is 150 Å². The normalized spacial score (nSPS) is 32.1. The van der Waals surface area contributed by atoms with Gasteiger partial charge in [-0.05, 0) is 45.9 Å². The molecule has 20 heteroatoms. The van der Waals surface area contributed by atoms with Crippen molar-refractivity contribution in [1.29, 1.82) is 0 Å². The second-order valence-electron chi connectivity index (χ2n) is 18.5. The molecule has 19 nitrogen and oxygen atoms in total. The molecule has 3 heterocycles. The molecule has 69 heavy (non-hydrogen) atoms. The van der Waals surface area contributed by atoms with Crippen LogP contribution in [-0.4, -0.2) is 188 Å². The van der Waals surface area contributed by atoms with Crippen molar-refractivity contribution in [2.24, 2.45) is 0 Å². The molecule has 0 saturated carbocycles. The van der Waals surface area contributed by atoms with Crippen LogP contribution < -0.4 is 15.1 Å². The number of carbonyl (C=O) groups is 1. The largest absolute Gasteiger partial charge is 0.497 e. The fourth-order valence-corrected chi connectivity index (χ4v) is 13.6. The van der Waals surface area contributed by atoms with E-state index in [-0.39, 0.29) is 32.2 Å². The van der Waals surface area contributed by atoms with Gasteiger partial charge >= 0.3 is 5.97 Å². The topological polar surface area (TPSA) is 271 Å². The molecule has 3 fully saturated rings. The summed E-state index contributed by atoms with van der Waals surface area (Å²) in [7, 11) is -0.495. The smallest absolute Gasteiger partial charge is 0.305 e. The molecule has 3 aromatic rings. The zero-order valence-corrected chi connectivity index (χ0v) is 40.7. The summed E-state index contributed by atoms with van der Waals surface area (Å²) < 4.78 is 62.7. The van der Waals surface area contributed by atoms with E-state index >= 15 is 0 Å². The number of hydrogen-bond donors (Lipinski definition) is 8. The molecule has 3 aliphatic heterocycles. The van der Waals surface area contributed by atoms with Crippen LogP contribution in [-0.2, 0) is 53.7 Å². The second-order valence-corrected chi connectivity index (χ2v) is 22.8. The highest BCUT2D eigenvalue weighted by Gasteiger charge is 2.57. The third-order valence-electron chi connectivity index (χ3n) is 12.9. The summed E-state index contributed by atoms with van der Waals surface area (Å²) in [5.41, 5.74) is 0.656. The number of esters is 1. The summed E-state index contributed by atoms with van der Waals surface area (Å²) in [4.78, 5) is 11.9. The van der Waals surface area contributed by atoms with Crippen LogP contribution in [0.5, 0.6) is 5.75 Å². The number of rotatable bonds is 22. The van der Waals surface area contributed by atoms with E-state index in [9.17, 15) is 45.6 Å². The lowest BCUT2D eigenvalue weighted by molar-refractivity contribution is -0.391. The lowest BCUT2D eigenvalue weighted by Gasteiger charge is -2.51. The van der Waals surface area contributed by atoms with Gasteiger partial charge in [0.1, 0.15) is 79.0 Å². The minimum Gasteiger partial charge on any atom is -0.497 e.